The lowest BCUT2D eigenvalue weighted by molar-refractivity contribution is 0.198. The Morgan fingerprint density at radius 2 is 2.21 bits per heavy atom. The molecule has 0 radical (unpaired) electrons. The Morgan fingerprint density at radius 3 is 2.86 bits per heavy atom. The van der Waals surface area contributed by atoms with Crippen LogP contribution in [0.4, 0.5) is 5.69 Å². The third kappa shape index (κ3) is 3.68. The van der Waals surface area contributed by atoms with Crippen molar-refractivity contribution in [2.24, 2.45) is 0 Å². The molecule has 0 spiro atoms. The molecule has 0 aliphatic rings. The molecule has 0 amide bonds. The van der Waals surface area contributed by atoms with E-state index in [1.54, 1.807) is 7.11 Å². The number of aryl methyl sites for hydroxylation is 1. The van der Waals surface area contributed by atoms with Gasteiger partial charge in [0, 0.05) is 30.4 Å². The molecule has 1 aromatic rings. The Bertz CT molecular complexity index is 289. The first-order valence-electron chi connectivity index (χ1n) is 4.73. The molecule has 1 N–H and O–H groups in total. The highest BCUT2D eigenvalue weighted by atomic mass is 79.9. The van der Waals surface area contributed by atoms with Gasteiger partial charge in [-0.15, -0.1) is 0 Å². The van der Waals surface area contributed by atoms with E-state index in [-0.39, 0.29) is 0 Å². The minimum Gasteiger partial charge on any atom is -0.385 e. The second kappa shape index (κ2) is 6.04. The molecule has 0 heterocycles. The van der Waals surface area contributed by atoms with E-state index in [2.05, 4.69) is 40.3 Å². The van der Waals surface area contributed by atoms with Crippen molar-refractivity contribution in [1.82, 2.24) is 0 Å². The van der Waals surface area contributed by atoms with Gasteiger partial charge >= 0.3 is 0 Å². The van der Waals surface area contributed by atoms with E-state index < -0.39 is 0 Å². The molecule has 14 heavy (non-hydrogen) atoms. The molecule has 0 saturated carbocycles. The van der Waals surface area contributed by atoms with Crippen LogP contribution in [-0.4, -0.2) is 20.3 Å². The SMILES string of the molecule is COCCCNc1ccc(Br)cc1C. The summed E-state index contributed by atoms with van der Waals surface area (Å²) in [4.78, 5) is 0. The molecular weight excluding hydrogens is 242 g/mol. The van der Waals surface area contributed by atoms with E-state index in [0.29, 0.717) is 0 Å². The van der Waals surface area contributed by atoms with Crippen LogP contribution in [0.25, 0.3) is 0 Å². The first-order chi connectivity index (χ1) is 6.74. The summed E-state index contributed by atoms with van der Waals surface area (Å²) >= 11 is 3.44. The highest BCUT2D eigenvalue weighted by Gasteiger charge is 1.97. The van der Waals surface area contributed by atoms with Crippen LogP contribution in [0, 0.1) is 6.92 Å². The maximum Gasteiger partial charge on any atom is 0.0479 e. The lowest BCUT2D eigenvalue weighted by Gasteiger charge is -2.09. The van der Waals surface area contributed by atoms with Gasteiger partial charge in [-0.1, -0.05) is 15.9 Å². The summed E-state index contributed by atoms with van der Waals surface area (Å²) < 4.78 is 6.10. The summed E-state index contributed by atoms with van der Waals surface area (Å²) in [6.45, 7) is 3.86. The number of ether oxygens (including phenoxy) is 1. The van der Waals surface area contributed by atoms with Crippen LogP contribution >= 0.6 is 15.9 Å². The Kier molecular flexibility index (Phi) is 4.98. The minimum atomic E-state index is 0.808. The van der Waals surface area contributed by atoms with Gasteiger partial charge in [0.2, 0.25) is 0 Å². The molecule has 78 valence electrons. The maximum atomic E-state index is 4.98. The molecule has 3 heteroatoms. The van der Waals surface area contributed by atoms with Crippen molar-refractivity contribution in [1.29, 1.82) is 0 Å². The summed E-state index contributed by atoms with van der Waals surface area (Å²) in [5, 5.41) is 3.37. The van der Waals surface area contributed by atoms with Crippen LogP contribution in [0.5, 0.6) is 0 Å². The number of halogens is 1. The van der Waals surface area contributed by atoms with Crippen molar-refractivity contribution in [3.05, 3.63) is 28.2 Å². The first-order valence-corrected chi connectivity index (χ1v) is 5.52. The van der Waals surface area contributed by atoms with Crippen LogP contribution < -0.4 is 5.32 Å². The highest BCUT2D eigenvalue weighted by Crippen LogP contribution is 2.19. The summed E-state index contributed by atoms with van der Waals surface area (Å²) in [5.74, 6) is 0. The van der Waals surface area contributed by atoms with E-state index in [1.165, 1.54) is 11.3 Å². The van der Waals surface area contributed by atoms with Crippen molar-refractivity contribution in [2.45, 2.75) is 13.3 Å². The second-order valence-corrected chi connectivity index (χ2v) is 4.15. The summed E-state index contributed by atoms with van der Waals surface area (Å²) in [5.41, 5.74) is 2.46. The minimum absolute atomic E-state index is 0.808. The van der Waals surface area contributed by atoms with Gasteiger partial charge in [-0.2, -0.15) is 0 Å². The van der Waals surface area contributed by atoms with Crippen molar-refractivity contribution < 1.29 is 4.74 Å². The monoisotopic (exact) mass is 257 g/mol. The zero-order valence-electron chi connectivity index (χ0n) is 8.64. The summed E-state index contributed by atoms with van der Waals surface area (Å²) in [6.07, 6.45) is 1.03. The van der Waals surface area contributed by atoms with Gasteiger partial charge in [-0.3, -0.25) is 0 Å². The van der Waals surface area contributed by atoms with Gasteiger partial charge in [0.05, 0.1) is 0 Å². The number of hydrogen-bond donors (Lipinski definition) is 1. The Hall–Kier alpha value is -0.540. The molecule has 0 aliphatic carbocycles. The molecule has 0 bridgehead atoms. The fourth-order valence-electron chi connectivity index (χ4n) is 1.26. The number of anilines is 1. The molecule has 2 nitrogen and oxygen atoms in total. The largest absolute Gasteiger partial charge is 0.385 e. The van der Waals surface area contributed by atoms with Gasteiger partial charge in [0.1, 0.15) is 0 Å². The molecule has 1 rings (SSSR count). The molecule has 0 aliphatic heterocycles. The lowest BCUT2D eigenvalue weighted by Crippen LogP contribution is -2.05. The van der Waals surface area contributed by atoms with Gasteiger partial charge < -0.3 is 10.1 Å². The number of rotatable bonds is 5. The molecule has 0 fully saturated rings. The second-order valence-electron chi connectivity index (χ2n) is 3.23. The molecule has 0 atom stereocenters. The Balaban J connectivity index is 2.42. The van der Waals surface area contributed by atoms with E-state index in [1.807, 2.05) is 6.07 Å². The zero-order chi connectivity index (χ0) is 10.4. The fraction of sp³-hybridized carbons (Fsp3) is 0.455. The Morgan fingerprint density at radius 1 is 1.43 bits per heavy atom. The van der Waals surface area contributed by atoms with Crippen molar-refractivity contribution >= 4 is 21.6 Å². The van der Waals surface area contributed by atoms with Crippen LogP contribution in [0.2, 0.25) is 0 Å². The van der Waals surface area contributed by atoms with E-state index in [0.717, 1.165) is 24.0 Å². The van der Waals surface area contributed by atoms with Crippen LogP contribution in [0.1, 0.15) is 12.0 Å². The van der Waals surface area contributed by atoms with Crippen LogP contribution in [0.15, 0.2) is 22.7 Å². The van der Waals surface area contributed by atoms with E-state index in [4.69, 9.17) is 4.74 Å². The van der Waals surface area contributed by atoms with Gasteiger partial charge in [0.25, 0.3) is 0 Å². The zero-order valence-corrected chi connectivity index (χ0v) is 10.2. The first kappa shape index (κ1) is 11.5. The average molecular weight is 258 g/mol. The van der Waals surface area contributed by atoms with Gasteiger partial charge in [0.15, 0.2) is 0 Å². The number of hydrogen-bond acceptors (Lipinski definition) is 2. The van der Waals surface area contributed by atoms with E-state index >= 15 is 0 Å². The quantitative estimate of drug-likeness (QED) is 0.819. The topological polar surface area (TPSA) is 21.3 Å². The van der Waals surface area contributed by atoms with Crippen molar-refractivity contribution in [2.75, 3.05) is 25.6 Å². The standard InChI is InChI=1S/C11H16BrNO/c1-9-8-10(12)4-5-11(9)13-6-3-7-14-2/h4-5,8,13H,3,6-7H2,1-2H3. The van der Waals surface area contributed by atoms with Gasteiger partial charge in [-0.25, -0.2) is 0 Å². The van der Waals surface area contributed by atoms with Crippen molar-refractivity contribution in [3.63, 3.8) is 0 Å². The average Bonchev–Trinajstić information content (AvgIpc) is 2.15. The molecular formula is C11H16BrNO. The summed E-state index contributed by atoms with van der Waals surface area (Å²) in [7, 11) is 1.73. The third-order valence-corrected chi connectivity index (χ3v) is 2.52. The lowest BCUT2D eigenvalue weighted by atomic mass is 10.2. The number of methoxy groups -OCH3 is 1. The third-order valence-electron chi connectivity index (χ3n) is 2.03. The van der Waals surface area contributed by atoms with E-state index in [9.17, 15) is 0 Å². The number of nitrogens with one attached hydrogen (secondary N) is 1. The predicted octanol–water partition coefficient (Wildman–Crippen LogP) is 3.21. The van der Waals surface area contributed by atoms with Crippen LogP contribution in [0.3, 0.4) is 0 Å². The Labute approximate surface area is 93.8 Å². The van der Waals surface area contributed by atoms with Crippen molar-refractivity contribution in [3.8, 4) is 0 Å². The molecule has 0 saturated heterocycles. The molecule has 0 aromatic heterocycles. The maximum absolute atomic E-state index is 4.98. The predicted molar refractivity (Wildman–Crippen MR) is 63.9 cm³/mol. The fourth-order valence-corrected chi connectivity index (χ4v) is 1.74. The smallest absolute Gasteiger partial charge is 0.0479 e. The molecule has 1 aromatic carbocycles. The van der Waals surface area contributed by atoms with Crippen LogP contribution in [-0.2, 0) is 4.74 Å². The highest BCUT2D eigenvalue weighted by molar-refractivity contribution is 9.10. The molecule has 0 unspecified atom stereocenters. The van der Waals surface area contributed by atoms with Gasteiger partial charge in [-0.05, 0) is 37.1 Å². The summed E-state index contributed by atoms with van der Waals surface area (Å²) in [6, 6.07) is 6.25. The number of benzene rings is 1. The normalized spacial score (nSPS) is 10.2.